The number of aromatic amines is 1. The first-order chi connectivity index (χ1) is 8.63. The highest BCUT2D eigenvalue weighted by atomic mass is 32.2. The molecule has 0 amide bonds. The van der Waals surface area contributed by atoms with Crippen LogP contribution in [0.2, 0.25) is 0 Å². The Bertz CT molecular complexity index is 395. The van der Waals surface area contributed by atoms with E-state index in [2.05, 4.69) is 36.3 Å². The van der Waals surface area contributed by atoms with Crippen molar-refractivity contribution < 1.29 is 0 Å². The first kappa shape index (κ1) is 15.3. The van der Waals surface area contributed by atoms with E-state index < -0.39 is 0 Å². The average Bonchev–Trinajstić information content (AvgIpc) is 2.67. The lowest BCUT2D eigenvalue weighted by molar-refractivity contribution is 0.464. The molecule has 104 valence electrons. The molecule has 1 aromatic heterocycles. The Morgan fingerprint density at radius 3 is 2.61 bits per heavy atom. The summed E-state index contributed by atoms with van der Waals surface area (Å²) in [5.74, 6) is 0. The molecule has 1 heterocycles. The predicted octanol–water partition coefficient (Wildman–Crippen LogP) is 1.76. The summed E-state index contributed by atoms with van der Waals surface area (Å²) in [7, 11) is 1.75. The molecule has 0 fully saturated rings. The smallest absolute Gasteiger partial charge is 0.313 e. The number of nitrogens with zero attached hydrogens (tertiary/aromatic N) is 2. The van der Waals surface area contributed by atoms with Gasteiger partial charge in [0.25, 0.3) is 0 Å². The summed E-state index contributed by atoms with van der Waals surface area (Å²) in [6.45, 7) is 7.49. The van der Waals surface area contributed by atoms with Gasteiger partial charge in [0.05, 0.1) is 0 Å². The first-order valence-electron chi connectivity index (χ1n) is 6.65. The number of aromatic nitrogens is 3. The van der Waals surface area contributed by atoms with Crippen LogP contribution in [-0.4, -0.2) is 32.6 Å². The van der Waals surface area contributed by atoms with Crippen molar-refractivity contribution in [3.8, 4) is 0 Å². The number of rotatable bonds is 8. The molecule has 2 atom stereocenters. The normalized spacial score (nSPS) is 14.7. The van der Waals surface area contributed by atoms with Gasteiger partial charge in [-0.25, -0.2) is 9.89 Å². The van der Waals surface area contributed by atoms with Crippen LogP contribution in [-0.2, 0) is 7.05 Å². The highest BCUT2D eigenvalue weighted by Gasteiger charge is 2.21. The molecular formula is C12H24N4OS. The van der Waals surface area contributed by atoms with E-state index in [4.69, 9.17) is 0 Å². The lowest BCUT2D eigenvalue weighted by atomic mass is 10.1. The Labute approximate surface area is 113 Å². The first-order valence-corrected chi connectivity index (χ1v) is 7.53. The van der Waals surface area contributed by atoms with Gasteiger partial charge in [-0.3, -0.25) is 4.57 Å². The van der Waals surface area contributed by atoms with Crippen LogP contribution in [0.25, 0.3) is 0 Å². The second-order valence-corrected chi connectivity index (χ2v) is 5.59. The Balaban J connectivity index is 2.75. The van der Waals surface area contributed by atoms with Crippen molar-refractivity contribution in [3.63, 3.8) is 0 Å². The van der Waals surface area contributed by atoms with Crippen molar-refractivity contribution in [1.82, 2.24) is 20.1 Å². The van der Waals surface area contributed by atoms with Crippen LogP contribution in [0.15, 0.2) is 9.95 Å². The third kappa shape index (κ3) is 3.88. The second-order valence-electron chi connectivity index (χ2n) is 4.39. The van der Waals surface area contributed by atoms with E-state index in [9.17, 15) is 4.79 Å². The molecule has 0 saturated heterocycles. The minimum Gasteiger partial charge on any atom is -0.313 e. The van der Waals surface area contributed by atoms with E-state index in [-0.39, 0.29) is 5.69 Å². The van der Waals surface area contributed by atoms with E-state index in [0.717, 1.165) is 31.0 Å². The van der Waals surface area contributed by atoms with Crippen molar-refractivity contribution >= 4 is 11.8 Å². The second kappa shape index (κ2) is 7.63. The average molecular weight is 272 g/mol. The largest absolute Gasteiger partial charge is 0.343 e. The molecule has 18 heavy (non-hydrogen) atoms. The van der Waals surface area contributed by atoms with Crippen LogP contribution in [0, 0.1) is 0 Å². The lowest BCUT2D eigenvalue weighted by Gasteiger charge is -2.25. The summed E-state index contributed by atoms with van der Waals surface area (Å²) < 4.78 is 1.57. The van der Waals surface area contributed by atoms with E-state index >= 15 is 0 Å². The van der Waals surface area contributed by atoms with Gasteiger partial charge in [-0.2, -0.15) is 0 Å². The molecule has 6 heteroatoms. The molecule has 0 radical (unpaired) electrons. The molecule has 0 aliphatic rings. The zero-order chi connectivity index (χ0) is 13.5. The summed E-state index contributed by atoms with van der Waals surface area (Å²) >= 11 is 1.68. The van der Waals surface area contributed by atoms with E-state index in [1.807, 2.05) is 0 Å². The summed E-state index contributed by atoms with van der Waals surface area (Å²) in [6.07, 6.45) is 3.37. The van der Waals surface area contributed by atoms with Crippen LogP contribution in [0.1, 0.15) is 40.0 Å². The van der Waals surface area contributed by atoms with Crippen LogP contribution in [0.3, 0.4) is 0 Å². The van der Waals surface area contributed by atoms with Gasteiger partial charge >= 0.3 is 5.69 Å². The standard InChI is InChI=1S/C12H24N4OS/c1-5-8-9(13-7-3)10(6-2)18-12-15-14-11(17)16(12)4/h9-10,13H,5-8H2,1-4H3,(H,14,17). The van der Waals surface area contributed by atoms with E-state index in [1.165, 1.54) is 0 Å². The van der Waals surface area contributed by atoms with Crippen molar-refractivity contribution in [2.75, 3.05) is 6.54 Å². The van der Waals surface area contributed by atoms with Gasteiger partial charge in [0.1, 0.15) is 0 Å². The Morgan fingerprint density at radius 2 is 2.17 bits per heavy atom. The van der Waals surface area contributed by atoms with Crippen molar-refractivity contribution in [1.29, 1.82) is 0 Å². The number of hydrogen-bond acceptors (Lipinski definition) is 4. The molecule has 2 unspecified atom stereocenters. The van der Waals surface area contributed by atoms with Gasteiger partial charge in [0.2, 0.25) is 0 Å². The van der Waals surface area contributed by atoms with Crippen LogP contribution in [0.4, 0.5) is 0 Å². The van der Waals surface area contributed by atoms with Gasteiger partial charge in [-0.1, -0.05) is 39.0 Å². The molecule has 2 N–H and O–H groups in total. The third-order valence-corrected chi connectivity index (χ3v) is 4.55. The fourth-order valence-corrected chi connectivity index (χ4v) is 3.19. The molecule has 0 aromatic carbocycles. The van der Waals surface area contributed by atoms with Crippen LogP contribution >= 0.6 is 11.8 Å². The molecule has 0 spiro atoms. The number of H-pyrrole nitrogens is 1. The monoisotopic (exact) mass is 272 g/mol. The number of thioether (sulfide) groups is 1. The summed E-state index contributed by atoms with van der Waals surface area (Å²) in [6, 6.07) is 0.474. The number of nitrogens with one attached hydrogen (secondary N) is 2. The Morgan fingerprint density at radius 1 is 1.44 bits per heavy atom. The van der Waals surface area contributed by atoms with Gasteiger partial charge in [-0.15, -0.1) is 5.10 Å². The highest BCUT2D eigenvalue weighted by Crippen LogP contribution is 2.26. The van der Waals surface area contributed by atoms with Gasteiger partial charge in [-0.05, 0) is 19.4 Å². The zero-order valence-electron chi connectivity index (χ0n) is 11.7. The maximum Gasteiger partial charge on any atom is 0.343 e. The summed E-state index contributed by atoms with van der Waals surface area (Å²) in [5.41, 5.74) is -0.150. The molecule has 0 aliphatic heterocycles. The molecule has 1 rings (SSSR count). The fraction of sp³-hybridized carbons (Fsp3) is 0.833. The maximum atomic E-state index is 11.3. The summed E-state index contributed by atoms with van der Waals surface area (Å²) in [5, 5.41) is 11.3. The van der Waals surface area contributed by atoms with Crippen LogP contribution < -0.4 is 11.0 Å². The van der Waals surface area contributed by atoms with Gasteiger partial charge in [0.15, 0.2) is 5.16 Å². The predicted molar refractivity (Wildman–Crippen MR) is 76.1 cm³/mol. The van der Waals surface area contributed by atoms with Crippen LogP contribution in [0.5, 0.6) is 0 Å². The molecule has 0 aliphatic carbocycles. The Kier molecular flexibility index (Phi) is 6.49. The molecule has 5 nitrogen and oxygen atoms in total. The molecular weight excluding hydrogens is 248 g/mol. The van der Waals surface area contributed by atoms with Gasteiger partial charge < -0.3 is 5.32 Å². The maximum absolute atomic E-state index is 11.3. The summed E-state index contributed by atoms with van der Waals surface area (Å²) in [4.78, 5) is 11.3. The fourth-order valence-electron chi connectivity index (χ4n) is 2.02. The molecule has 0 bridgehead atoms. The molecule has 0 saturated carbocycles. The minimum atomic E-state index is -0.150. The highest BCUT2D eigenvalue weighted by molar-refractivity contribution is 7.99. The topological polar surface area (TPSA) is 62.7 Å². The molecule has 1 aromatic rings. The SMILES string of the molecule is CCCC(NCC)C(CC)Sc1n[nH]c(=O)n1C. The zero-order valence-corrected chi connectivity index (χ0v) is 12.5. The Hall–Kier alpha value is -0.750. The van der Waals surface area contributed by atoms with Crippen molar-refractivity contribution in [2.24, 2.45) is 7.05 Å². The minimum absolute atomic E-state index is 0.150. The number of hydrogen-bond donors (Lipinski definition) is 2. The van der Waals surface area contributed by atoms with Crippen molar-refractivity contribution in [2.45, 2.75) is 56.5 Å². The lowest BCUT2D eigenvalue weighted by Crippen LogP contribution is -2.38. The van der Waals surface area contributed by atoms with E-state index in [1.54, 1.807) is 23.4 Å². The quantitative estimate of drug-likeness (QED) is 0.708. The third-order valence-electron chi connectivity index (χ3n) is 3.01. The van der Waals surface area contributed by atoms with Crippen molar-refractivity contribution in [3.05, 3.63) is 10.5 Å². The van der Waals surface area contributed by atoms with E-state index in [0.29, 0.717) is 11.3 Å². The van der Waals surface area contributed by atoms with Gasteiger partial charge in [0, 0.05) is 18.3 Å².